The monoisotopic (exact) mass is 312 g/mol. The highest BCUT2D eigenvalue weighted by Gasteiger charge is 2.17. The van der Waals surface area contributed by atoms with E-state index < -0.39 is 0 Å². The fraction of sp³-hybridized carbons (Fsp3) is 0.389. The predicted octanol–water partition coefficient (Wildman–Crippen LogP) is 3.35. The van der Waals surface area contributed by atoms with Crippen LogP contribution in [-0.4, -0.2) is 33.4 Å². The summed E-state index contributed by atoms with van der Waals surface area (Å²) in [5.74, 6) is 0.611. The maximum absolute atomic E-state index is 12.7. The molecule has 5 nitrogen and oxygen atoms in total. The molecule has 0 aliphatic carbocycles. The molecule has 0 spiro atoms. The van der Waals surface area contributed by atoms with Gasteiger partial charge in [0.1, 0.15) is 17.8 Å². The molecule has 0 aliphatic rings. The molecule has 1 heterocycles. The van der Waals surface area contributed by atoms with Crippen LogP contribution in [0, 0.1) is 0 Å². The van der Waals surface area contributed by atoms with Crippen molar-refractivity contribution >= 4 is 11.7 Å². The van der Waals surface area contributed by atoms with Gasteiger partial charge in [0.25, 0.3) is 5.91 Å². The van der Waals surface area contributed by atoms with Gasteiger partial charge in [-0.15, -0.1) is 0 Å². The molecule has 122 valence electrons. The van der Waals surface area contributed by atoms with E-state index in [0.717, 1.165) is 12.0 Å². The molecule has 0 saturated carbocycles. The van der Waals surface area contributed by atoms with Crippen LogP contribution in [-0.2, 0) is 6.54 Å². The van der Waals surface area contributed by atoms with E-state index in [-0.39, 0.29) is 5.91 Å². The van der Waals surface area contributed by atoms with Crippen LogP contribution in [0.5, 0.6) is 0 Å². The first-order valence-corrected chi connectivity index (χ1v) is 8.05. The van der Waals surface area contributed by atoms with Gasteiger partial charge >= 0.3 is 0 Å². The van der Waals surface area contributed by atoms with Crippen LogP contribution in [0.2, 0.25) is 0 Å². The first kappa shape index (κ1) is 16.9. The summed E-state index contributed by atoms with van der Waals surface area (Å²) in [6.45, 7) is 7.36. The molecule has 2 rings (SSSR count). The first-order chi connectivity index (χ1) is 11.1. The van der Waals surface area contributed by atoms with Crippen molar-refractivity contribution in [1.82, 2.24) is 14.9 Å². The van der Waals surface area contributed by atoms with E-state index in [1.54, 1.807) is 11.0 Å². The Labute approximate surface area is 137 Å². The molecule has 1 aromatic carbocycles. The Kier molecular flexibility index (Phi) is 6.09. The summed E-state index contributed by atoms with van der Waals surface area (Å²) in [4.78, 5) is 22.8. The van der Waals surface area contributed by atoms with Crippen molar-refractivity contribution in [2.24, 2.45) is 0 Å². The van der Waals surface area contributed by atoms with Gasteiger partial charge in [-0.1, -0.05) is 37.3 Å². The van der Waals surface area contributed by atoms with Gasteiger partial charge in [0.05, 0.1) is 0 Å². The van der Waals surface area contributed by atoms with Gasteiger partial charge in [-0.3, -0.25) is 4.79 Å². The Hall–Kier alpha value is -2.43. The molecule has 0 fully saturated rings. The number of rotatable bonds is 7. The van der Waals surface area contributed by atoms with Gasteiger partial charge < -0.3 is 10.2 Å². The number of hydrogen-bond donors (Lipinski definition) is 1. The van der Waals surface area contributed by atoms with Gasteiger partial charge in [0.15, 0.2) is 0 Å². The van der Waals surface area contributed by atoms with Gasteiger partial charge in [0, 0.05) is 25.2 Å². The van der Waals surface area contributed by atoms with Crippen LogP contribution in [0.15, 0.2) is 42.7 Å². The minimum absolute atomic E-state index is 0.0778. The molecular formula is C18H24N4O. The molecule has 1 aromatic heterocycles. The topological polar surface area (TPSA) is 58.1 Å². The SMILES string of the molecule is CCC(C)Nc1cc(C(=O)N(CC)Cc2ccccc2)ncn1. The number of amides is 1. The van der Waals surface area contributed by atoms with Crippen LogP contribution < -0.4 is 5.32 Å². The van der Waals surface area contributed by atoms with Gasteiger partial charge in [-0.05, 0) is 25.8 Å². The van der Waals surface area contributed by atoms with E-state index in [1.165, 1.54) is 6.33 Å². The lowest BCUT2D eigenvalue weighted by Gasteiger charge is -2.21. The first-order valence-electron chi connectivity index (χ1n) is 8.05. The molecular weight excluding hydrogens is 288 g/mol. The molecule has 0 aliphatic heterocycles. The third kappa shape index (κ3) is 4.77. The fourth-order valence-corrected chi connectivity index (χ4v) is 2.20. The Balaban J connectivity index is 2.12. The highest BCUT2D eigenvalue weighted by molar-refractivity contribution is 5.92. The Morgan fingerprint density at radius 3 is 2.61 bits per heavy atom. The summed E-state index contributed by atoms with van der Waals surface area (Å²) in [6.07, 6.45) is 2.43. The standard InChI is InChI=1S/C18H24N4O/c1-4-14(3)21-17-11-16(19-13-20-17)18(23)22(5-2)12-15-9-7-6-8-10-15/h6-11,13-14H,4-5,12H2,1-3H3,(H,19,20,21). The number of nitrogens with zero attached hydrogens (tertiary/aromatic N) is 3. The van der Waals surface area contributed by atoms with Gasteiger partial charge in [-0.25, -0.2) is 9.97 Å². The van der Waals surface area contributed by atoms with Crippen molar-refractivity contribution in [3.05, 3.63) is 54.0 Å². The van der Waals surface area contributed by atoms with Crippen molar-refractivity contribution in [3.8, 4) is 0 Å². The van der Waals surface area contributed by atoms with Crippen LogP contribution in [0.4, 0.5) is 5.82 Å². The molecule has 23 heavy (non-hydrogen) atoms. The highest BCUT2D eigenvalue weighted by Crippen LogP contribution is 2.12. The number of nitrogens with one attached hydrogen (secondary N) is 1. The second-order valence-corrected chi connectivity index (χ2v) is 5.55. The largest absolute Gasteiger partial charge is 0.368 e. The lowest BCUT2D eigenvalue weighted by atomic mass is 10.2. The van der Waals surface area contributed by atoms with E-state index in [4.69, 9.17) is 0 Å². The minimum atomic E-state index is -0.0778. The summed E-state index contributed by atoms with van der Waals surface area (Å²) in [5, 5.41) is 3.27. The number of anilines is 1. The average Bonchev–Trinajstić information content (AvgIpc) is 2.60. The molecule has 1 N–H and O–H groups in total. The van der Waals surface area contributed by atoms with Crippen LogP contribution in [0.25, 0.3) is 0 Å². The number of hydrogen-bond acceptors (Lipinski definition) is 4. The Morgan fingerprint density at radius 1 is 1.22 bits per heavy atom. The number of carbonyl (C=O) groups excluding carboxylic acids is 1. The maximum atomic E-state index is 12.7. The summed E-state index contributed by atoms with van der Waals surface area (Å²) in [7, 11) is 0. The summed E-state index contributed by atoms with van der Waals surface area (Å²) >= 11 is 0. The average molecular weight is 312 g/mol. The third-order valence-electron chi connectivity index (χ3n) is 3.78. The quantitative estimate of drug-likeness (QED) is 0.852. The molecule has 1 atom stereocenters. The Bertz CT molecular complexity index is 630. The van der Waals surface area contributed by atoms with Crippen molar-refractivity contribution < 1.29 is 4.79 Å². The lowest BCUT2D eigenvalue weighted by Crippen LogP contribution is -2.31. The van der Waals surface area contributed by atoms with Crippen LogP contribution >= 0.6 is 0 Å². The minimum Gasteiger partial charge on any atom is -0.368 e. The highest BCUT2D eigenvalue weighted by atomic mass is 16.2. The zero-order chi connectivity index (χ0) is 16.7. The van der Waals surface area contributed by atoms with Crippen molar-refractivity contribution in [2.45, 2.75) is 39.8 Å². The summed E-state index contributed by atoms with van der Waals surface area (Å²) < 4.78 is 0. The molecule has 0 radical (unpaired) electrons. The lowest BCUT2D eigenvalue weighted by molar-refractivity contribution is 0.0746. The molecule has 5 heteroatoms. The van der Waals surface area contributed by atoms with Crippen LogP contribution in [0.3, 0.4) is 0 Å². The zero-order valence-corrected chi connectivity index (χ0v) is 14.0. The fourth-order valence-electron chi connectivity index (χ4n) is 2.20. The van der Waals surface area contributed by atoms with E-state index in [2.05, 4.69) is 29.1 Å². The third-order valence-corrected chi connectivity index (χ3v) is 3.78. The summed E-state index contributed by atoms with van der Waals surface area (Å²) in [5.41, 5.74) is 1.53. The number of aromatic nitrogens is 2. The Morgan fingerprint density at radius 2 is 1.96 bits per heavy atom. The van der Waals surface area contributed by atoms with Crippen LogP contribution in [0.1, 0.15) is 43.2 Å². The van der Waals surface area contributed by atoms with E-state index in [9.17, 15) is 4.79 Å². The van der Waals surface area contributed by atoms with Gasteiger partial charge in [-0.2, -0.15) is 0 Å². The normalized spacial score (nSPS) is 11.8. The molecule has 1 amide bonds. The van der Waals surface area contributed by atoms with Crippen molar-refractivity contribution in [3.63, 3.8) is 0 Å². The second kappa shape index (κ2) is 8.27. The predicted molar refractivity (Wildman–Crippen MR) is 92.3 cm³/mol. The van der Waals surface area contributed by atoms with Crippen molar-refractivity contribution in [1.29, 1.82) is 0 Å². The molecule has 1 unspecified atom stereocenters. The van der Waals surface area contributed by atoms with Gasteiger partial charge in [0.2, 0.25) is 0 Å². The van der Waals surface area contributed by atoms with E-state index in [0.29, 0.717) is 30.6 Å². The number of carbonyl (C=O) groups is 1. The second-order valence-electron chi connectivity index (χ2n) is 5.55. The van der Waals surface area contributed by atoms with E-state index in [1.807, 2.05) is 37.3 Å². The van der Waals surface area contributed by atoms with E-state index >= 15 is 0 Å². The molecule has 0 saturated heterocycles. The smallest absolute Gasteiger partial charge is 0.272 e. The van der Waals surface area contributed by atoms with Crippen molar-refractivity contribution in [2.75, 3.05) is 11.9 Å². The molecule has 2 aromatic rings. The maximum Gasteiger partial charge on any atom is 0.272 e. The molecule has 0 bridgehead atoms. The number of benzene rings is 1. The summed E-state index contributed by atoms with van der Waals surface area (Å²) in [6, 6.07) is 12.0. The zero-order valence-electron chi connectivity index (χ0n) is 14.0.